The molecule has 0 fully saturated rings. The molecule has 0 aliphatic heterocycles. The molecule has 0 saturated carbocycles. The quantitative estimate of drug-likeness (QED) is 0.315. The van der Waals surface area contributed by atoms with E-state index in [1.54, 1.807) is 72.8 Å². The van der Waals surface area contributed by atoms with E-state index in [0.717, 1.165) is 22.3 Å². The first-order chi connectivity index (χ1) is 16.1. The van der Waals surface area contributed by atoms with Gasteiger partial charge in [-0.15, -0.1) is 0 Å². The maximum absolute atomic E-state index is 12.5. The molecule has 0 aliphatic carbocycles. The van der Waals surface area contributed by atoms with E-state index in [4.69, 9.17) is 8.37 Å². The van der Waals surface area contributed by atoms with Gasteiger partial charge in [-0.05, 0) is 73.5 Å². The van der Waals surface area contributed by atoms with Crippen LogP contribution in [-0.4, -0.2) is 16.8 Å². The normalized spacial score (nSPS) is 11.7. The van der Waals surface area contributed by atoms with Gasteiger partial charge in [-0.3, -0.25) is 0 Å². The van der Waals surface area contributed by atoms with Crippen molar-refractivity contribution in [2.45, 2.75) is 23.6 Å². The first-order valence-corrected chi connectivity index (χ1v) is 13.2. The molecule has 174 valence electrons. The van der Waals surface area contributed by atoms with Crippen LogP contribution < -0.4 is 8.37 Å². The molecule has 0 bridgehead atoms. The van der Waals surface area contributed by atoms with E-state index in [2.05, 4.69) is 0 Å². The zero-order valence-electron chi connectivity index (χ0n) is 18.5. The summed E-state index contributed by atoms with van der Waals surface area (Å²) in [7, 11) is -7.86. The Hall–Kier alpha value is -3.62. The molecule has 0 spiro atoms. The van der Waals surface area contributed by atoms with Crippen LogP contribution in [0.5, 0.6) is 11.5 Å². The number of hydrogen-bond acceptors (Lipinski definition) is 6. The Bertz CT molecular complexity index is 1370. The zero-order chi connectivity index (χ0) is 24.3. The highest BCUT2D eigenvalue weighted by atomic mass is 32.2. The fraction of sp³-hybridized carbons (Fsp3) is 0.0769. The van der Waals surface area contributed by atoms with Crippen LogP contribution >= 0.6 is 0 Å². The molecular weight excluding hydrogens is 472 g/mol. The zero-order valence-corrected chi connectivity index (χ0v) is 20.1. The van der Waals surface area contributed by atoms with Crippen molar-refractivity contribution in [1.82, 2.24) is 0 Å². The van der Waals surface area contributed by atoms with Crippen molar-refractivity contribution in [3.8, 4) is 22.6 Å². The number of hydrogen-bond donors (Lipinski definition) is 0. The van der Waals surface area contributed by atoms with Gasteiger partial charge in [-0.1, -0.05) is 59.7 Å². The van der Waals surface area contributed by atoms with E-state index in [1.165, 1.54) is 24.3 Å². The summed E-state index contributed by atoms with van der Waals surface area (Å²) in [6.45, 7) is 3.75. The molecule has 4 aromatic rings. The number of rotatable bonds is 7. The first-order valence-electron chi connectivity index (χ1n) is 10.4. The largest absolute Gasteiger partial charge is 0.379 e. The molecule has 0 aromatic heterocycles. The Balaban J connectivity index is 1.46. The first kappa shape index (κ1) is 23.5. The fourth-order valence-electron chi connectivity index (χ4n) is 3.17. The average Bonchev–Trinajstić information content (AvgIpc) is 2.80. The summed E-state index contributed by atoms with van der Waals surface area (Å²) in [6, 6.07) is 26.0. The van der Waals surface area contributed by atoms with Gasteiger partial charge in [0.2, 0.25) is 0 Å². The molecule has 0 N–H and O–H groups in total. The van der Waals surface area contributed by atoms with Crippen LogP contribution in [0, 0.1) is 13.8 Å². The van der Waals surface area contributed by atoms with Crippen molar-refractivity contribution < 1.29 is 25.2 Å². The summed E-state index contributed by atoms with van der Waals surface area (Å²) in [5, 5.41) is 0. The maximum atomic E-state index is 12.5. The van der Waals surface area contributed by atoms with Crippen LogP contribution in [0.1, 0.15) is 11.1 Å². The third-order valence-corrected chi connectivity index (χ3v) is 7.60. The highest BCUT2D eigenvalue weighted by Gasteiger charge is 2.17. The van der Waals surface area contributed by atoms with Gasteiger partial charge in [0, 0.05) is 0 Å². The van der Waals surface area contributed by atoms with Crippen molar-refractivity contribution in [2.75, 3.05) is 0 Å². The molecule has 0 heterocycles. The molecule has 0 radical (unpaired) electrons. The average molecular weight is 495 g/mol. The summed E-state index contributed by atoms with van der Waals surface area (Å²) in [5.41, 5.74) is 3.50. The SMILES string of the molecule is Cc1ccc(S(=O)(=O)Oc2ccc(-c3ccc(OS(=O)(=O)c4ccc(C)cc4)cc3)cc2)cc1. The van der Waals surface area contributed by atoms with Gasteiger partial charge in [0.15, 0.2) is 0 Å². The van der Waals surface area contributed by atoms with E-state index in [1.807, 2.05) is 13.8 Å². The second-order valence-corrected chi connectivity index (χ2v) is 10.8. The summed E-state index contributed by atoms with van der Waals surface area (Å²) in [5.74, 6) is 0.377. The summed E-state index contributed by atoms with van der Waals surface area (Å²) in [6.07, 6.45) is 0. The standard InChI is InChI=1S/C26H22O6S2/c1-19-3-15-25(16-4-19)33(27,28)31-23-11-7-21(8-12-23)22-9-13-24(14-10-22)32-34(29,30)26-17-5-20(2)6-18-26/h3-18H,1-2H3. The molecule has 0 aliphatic rings. The van der Waals surface area contributed by atoms with E-state index in [0.29, 0.717) is 0 Å². The Morgan fingerprint density at radius 1 is 0.441 bits per heavy atom. The lowest BCUT2D eigenvalue weighted by atomic mass is 10.1. The lowest BCUT2D eigenvalue weighted by Gasteiger charge is -2.10. The van der Waals surface area contributed by atoms with Gasteiger partial charge in [-0.2, -0.15) is 16.8 Å². The van der Waals surface area contributed by atoms with Crippen LogP contribution in [0.15, 0.2) is 107 Å². The molecule has 0 atom stereocenters. The van der Waals surface area contributed by atoms with E-state index >= 15 is 0 Å². The minimum Gasteiger partial charge on any atom is -0.379 e. The summed E-state index contributed by atoms with van der Waals surface area (Å²) >= 11 is 0. The van der Waals surface area contributed by atoms with Crippen LogP contribution in [0.3, 0.4) is 0 Å². The second kappa shape index (κ2) is 9.32. The Morgan fingerprint density at radius 3 is 1.03 bits per heavy atom. The van der Waals surface area contributed by atoms with E-state index in [-0.39, 0.29) is 21.3 Å². The van der Waals surface area contributed by atoms with Crippen molar-refractivity contribution in [3.05, 3.63) is 108 Å². The third-order valence-electron chi connectivity index (χ3n) is 5.07. The monoisotopic (exact) mass is 494 g/mol. The van der Waals surface area contributed by atoms with Crippen LogP contribution in [0.25, 0.3) is 11.1 Å². The number of benzene rings is 4. The van der Waals surface area contributed by atoms with Gasteiger partial charge in [0.25, 0.3) is 0 Å². The van der Waals surface area contributed by atoms with Crippen molar-refractivity contribution >= 4 is 20.2 Å². The topological polar surface area (TPSA) is 86.7 Å². The lowest BCUT2D eigenvalue weighted by Crippen LogP contribution is -2.09. The third kappa shape index (κ3) is 5.47. The van der Waals surface area contributed by atoms with Crippen LogP contribution in [0.4, 0.5) is 0 Å². The Kier molecular flexibility index (Phi) is 6.45. The highest BCUT2D eigenvalue weighted by molar-refractivity contribution is 7.87. The maximum Gasteiger partial charge on any atom is 0.339 e. The number of aryl methyl sites for hydroxylation is 2. The molecule has 0 unspecified atom stereocenters. The highest BCUT2D eigenvalue weighted by Crippen LogP contribution is 2.27. The van der Waals surface area contributed by atoms with Gasteiger partial charge >= 0.3 is 20.2 Å². The predicted molar refractivity (Wildman–Crippen MR) is 130 cm³/mol. The smallest absolute Gasteiger partial charge is 0.339 e. The van der Waals surface area contributed by atoms with Crippen molar-refractivity contribution in [1.29, 1.82) is 0 Å². The van der Waals surface area contributed by atoms with E-state index in [9.17, 15) is 16.8 Å². The Labute approximate surface area is 199 Å². The molecule has 6 nitrogen and oxygen atoms in total. The van der Waals surface area contributed by atoms with Crippen LogP contribution in [0.2, 0.25) is 0 Å². The molecule has 8 heteroatoms. The van der Waals surface area contributed by atoms with E-state index < -0.39 is 20.2 Å². The molecule has 34 heavy (non-hydrogen) atoms. The minimum atomic E-state index is -3.93. The van der Waals surface area contributed by atoms with Crippen LogP contribution in [-0.2, 0) is 20.2 Å². The summed E-state index contributed by atoms with van der Waals surface area (Å²) in [4.78, 5) is 0.164. The molecule has 0 amide bonds. The van der Waals surface area contributed by atoms with Gasteiger partial charge < -0.3 is 8.37 Å². The lowest BCUT2D eigenvalue weighted by molar-refractivity contribution is 0.484. The predicted octanol–water partition coefficient (Wildman–Crippen LogP) is 5.51. The Morgan fingerprint density at radius 2 is 0.735 bits per heavy atom. The van der Waals surface area contributed by atoms with Gasteiger partial charge in [-0.25, -0.2) is 0 Å². The second-order valence-electron chi connectivity index (χ2n) is 7.75. The fourth-order valence-corrected chi connectivity index (χ4v) is 5.03. The van der Waals surface area contributed by atoms with Gasteiger partial charge in [0.1, 0.15) is 21.3 Å². The molecule has 4 aromatic carbocycles. The minimum absolute atomic E-state index is 0.0818. The van der Waals surface area contributed by atoms with Crippen molar-refractivity contribution in [3.63, 3.8) is 0 Å². The van der Waals surface area contributed by atoms with Gasteiger partial charge in [0.05, 0.1) is 0 Å². The molecule has 0 saturated heterocycles. The van der Waals surface area contributed by atoms with Crippen molar-refractivity contribution in [2.24, 2.45) is 0 Å². The molecular formula is C26H22O6S2. The molecule has 4 rings (SSSR count). The summed E-state index contributed by atoms with van der Waals surface area (Å²) < 4.78 is 60.3.